The van der Waals surface area contributed by atoms with Crippen molar-refractivity contribution >= 4 is 5.91 Å². The lowest BCUT2D eigenvalue weighted by molar-refractivity contribution is -0.120. The summed E-state index contributed by atoms with van der Waals surface area (Å²) in [7, 11) is 1.67. The first-order valence-corrected chi connectivity index (χ1v) is 7.13. The minimum atomic E-state index is 0.0615. The van der Waals surface area contributed by atoms with Crippen LogP contribution >= 0.6 is 0 Å². The van der Waals surface area contributed by atoms with Gasteiger partial charge in [-0.05, 0) is 36.1 Å². The highest BCUT2D eigenvalue weighted by Crippen LogP contribution is 2.18. The van der Waals surface area contributed by atoms with Crippen molar-refractivity contribution in [1.29, 1.82) is 0 Å². The average Bonchev–Trinajstić information content (AvgIpc) is 2.48. The predicted octanol–water partition coefficient (Wildman–Crippen LogP) is 2.91. The maximum atomic E-state index is 11.8. The lowest BCUT2D eigenvalue weighted by atomic mass is 10.1. The molecule has 0 aliphatic heterocycles. The minimum absolute atomic E-state index is 0.0615. The standard InChI is InChI=1S/C18H21NO2/c1-14-12-16(8-9-17(14)21-2)10-11-19-18(20)13-15-6-4-3-5-7-15/h3-9,12H,10-11,13H2,1-2H3,(H,19,20). The van der Waals surface area contributed by atoms with Gasteiger partial charge in [0, 0.05) is 6.54 Å². The molecule has 2 aromatic carbocycles. The van der Waals surface area contributed by atoms with E-state index in [4.69, 9.17) is 4.74 Å². The van der Waals surface area contributed by atoms with Crippen LogP contribution in [0.2, 0.25) is 0 Å². The van der Waals surface area contributed by atoms with Crippen molar-refractivity contribution in [3.05, 3.63) is 65.2 Å². The number of aryl methyl sites for hydroxylation is 1. The van der Waals surface area contributed by atoms with E-state index in [-0.39, 0.29) is 5.91 Å². The number of ether oxygens (including phenoxy) is 1. The van der Waals surface area contributed by atoms with Crippen LogP contribution in [-0.4, -0.2) is 19.6 Å². The van der Waals surface area contributed by atoms with Crippen molar-refractivity contribution in [2.75, 3.05) is 13.7 Å². The fourth-order valence-corrected chi connectivity index (χ4v) is 2.29. The van der Waals surface area contributed by atoms with Crippen LogP contribution in [0.4, 0.5) is 0 Å². The van der Waals surface area contributed by atoms with E-state index in [1.807, 2.05) is 49.4 Å². The Hall–Kier alpha value is -2.29. The molecule has 0 aromatic heterocycles. The second kappa shape index (κ2) is 7.48. The Morgan fingerprint density at radius 2 is 1.86 bits per heavy atom. The van der Waals surface area contributed by atoms with Crippen molar-refractivity contribution in [3.8, 4) is 5.75 Å². The van der Waals surface area contributed by atoms with E-state index >= 15 is 0 Å². The molecule has 0 unspecified atom stereocenters. The van der Waals surface area contributed by atoms with Gasteiger partial charge in [0.25, 0.3) is 0 Å². The Morgan fingerprint density at radius 1 is 1.10 bits per heavy atom. The van der Waals surface area contributed by atoms with Crippen LogP contribution in [-0.2, 0) is 17.6 Å². The first-order valence-electron chi connectivity index (χ1n) is 7.13. The van der Waals surface area contributed by atoms with Crippen LogP contribution in [0.1, 0.15) is 16.7 Å². The zero-order chi connectivity index (χ0) is 15.1. The van der Waals surface area contributed by atoms with Gasteiger partial charge in [-0.1, -0.05) is 42.5 Å². The fraction of sp³-hybridized carbons (Fsp3) is 0.278. The fourth-order valence-electron chi connectivity index (χ4n) is 2.29. The summed E-state index contributed by atoms with van der Waals surface area (Å²) in [5.41, 5.74) is 3.36. The highest BCUT2D eigenvalue weighted by molar-refractivity contribution is 5.78. The zero-order valence-electron chi connectivity index (χ0n) is 12.6. The number of rotatable bonds is 6. The maximum absolute atomic E-state index is 11.8. The second-order valence-corrected chi connectivity index (χ2v) is 5.07. The molecular weight excluding hydrogens is 262 g/mol. The van der Waals surface area contributed by atoms with E-state index in [0.29, 0.717) is 13.0 Å². The summed E-state index contributed by atoms with van der Waals surface area (Å²) < 4.78 is 5.24. The molecule has 0 bridgehead atoms. The van der Waals surface area contributed by atoms with Crippen molar-refractivity contribution in [2.45, 2.75) is 19.8 Å². The van der Waals surface area contributed by atoms with Gasteiger partial charge >= 0.3 is 0 Å². The minimum Gasteiger partial charge on any atom is -0.496 e. The molecule has 0 saturated heterocycles. The molecule has 3 heteroatoms. The van der Waals surface area contributed by atoms with Gasteiger partial charge in [0.15, 0.2) is 0 Å². The van der Waals surface area contributed by atoms with Crippen LogP contribution in [0.5, 0.6) is 5.75 Å². The van der Waals surface area contributed by atoms with Crippen LogP contribution in [0.25, 0.3) is 0 Å². The van der Waals surface area contributed by atoms with Gasteiger partial charge in [0.2, 0.25) is 5.91 Å². The molecule has 0 spiro atoms. The molecule has 21 heavy (non-hydrogen) atoms. The van der Waals surface area contributed by atoms with E-state index in [9.17, 15) is 4.79 Å². The zero-order valence-corrected chi connectivity index (χ0v) is 12.6. The van der Waals surface area contributed by atoms with Gasteiger partial charge in [-0.2, -0.15) is 0 Å². The summed E-state index contributed by atoms with van der Waals surface area (Å²) in [6.45, 7) is 2.67. The third kappa shape index (κ3) is 4.63. The van der Waals surface area contributed by atoms with E-state index in [1.165, 1.54) is 5.56 Å². The SMILES string of the molecule is COc1ccc(CCNC(=O)Cc2ccccc2)cc1C. The van der Waals surface area contributed by atoms with Gasteiger partial charge < -0.3 is 10.1 Å². The molecule has 0 atom stereocenters. The average molecular weight is 283 g/mol. The number of nitrogens with one attached hydrogen (secondary N) is 1. The van der Waals surface area contributed by atoms with Crippen LogP contribution in [0.15, 0.2) is 48.5 Å². The van der Waals surface area contributed by atoms with Crippen molar-refractivity contribution in [3.63, 3.8) is 0 Å². The molecule has 0 radical (unpaired) electrons. The molecule has 1 N–H and O–H groups in total. The quantitative estimate of drug-likeness (QED) is 0.885. The Kier molecular flexibility index (Phi) is 5.38. The van der Waals surface area contributed by atoms with E-state index in [0.717, 1.165) is 23.3 Å². The van der Waals surface area contributed by atoms with E-state index in [1.54, 1.807) is 7.11 Å². The van der Waals surface area contributed by atoms with Crippen LogP contribution in [0, 0.1) is 6.92 Å². The molecule has 0 aliphatic rings. The largest absolute Gasteiger partial charge is 0.496 e. The number of carbonyl (C=O) groups excluding carboxylic acids is 1. The number of benzene rings is 2. The smallest absolute Gasteiger partial charge is 0.224 e. The maximum Gasteiger partial charge on any atom is 0.224 e. The van der Waals surface area contributed by atoms with Crippen LogP contribution in [0.3, 0.4) is 0 Å². The molecule has 3 nitrogen and oxygen atoms in total. The first-order chi connectivity index (χ1) is 10.2. The summed E-state index contributed by atoms with van der Waals surface area (Å²) in [4.78, 5) is 11.8. The monoisotopic (exact) mass is 283 g/mol. The number of amides is 1. The van der Waals surface area contributed by atoms with Gasteiger partial charge in [-0.25, -0.2) is 0 Å². The first kappa shape index (κ1) is 15.1. The van der Waals surface area contributed by atoms with Gasteiger partial charge in [-0.15, -0.1) is 0 Å². The third-order valence-electron chi connectivity index (χ3n) is 3.40. The summed E-state index contributed by atoms with van der Waals surface area (Å²) in [5, 5.41) is 2.96. The molecule has 1 amide bonds. The number of hydrogen-bond donors (Lipinski definition) is 1. The third-order valence-corrected chi connectivity index (χ3v) is 3.40. The molecule has 2 aromatic rings. The topological polar surface area (TPSA) is 38.3 Å². The van der Waals surface area contributed by atoms with Gasteiger partial charge in [0.1, 0.15) is 5.75 Å². The predicted molar refractivity (Wildman–Crippen MR) is 84.6 cm³/mol. The van der Waals surface area contributed by atoms with Crippen molar-refractivity contribution < 1.29 is 9.53 Å². The van der Waals surface area contributed by atoms with Crippen LogP contribution < -0.4 is 10.1 Å². The number of methoxy groups -OCH3 is 1. The Balaban J connectivity index is 1.79. The molecule has 0 fully saturated rings. The van der Waals surface area contributed by atoms with Gasteiger partial charge in [0.05, 0.1) is 13.5 Å². The lowest BCUT2D eigenvalue weighted by Gasteiger charge is -2.08. The van der Waals surface area contributed by atoms with E-state index in [2.05, 4.69) is 11.4 Å². The number of hydrogen-bond acceptors (Lipinski definition) is 2. The molecule has 2 rings (SSSR count). The lowest BCUT2D eigenvalue weighted by Crippen LogP contribution is -2.27. The molecule has 0 heterocycles. The Morgan fingerprint density at radius 3 is 2.52 bits per heavy atom. The van der Waals surface area contributed by atoms with Crippen molar-refractivity contribution in [2.24, 2.45) is 0 Å². The Bertz CT molecular complexity index is 593. The molecular formula is C18H21NO2. The second-order valence-electron chi connectivity index (χ2n) is 5.07. The molecule has 0 aliphatic carbocycles. The highest BCUT2D eigenvalue weighted by Gasteiger charge is 2.03. The summed E-state index contributed by atoms with van der Waals surface area (Å²) >= 11 is 0. The summed E-state index contributed by atoms with van der Waals surface area (Å²) in [6.07, 6.45) is 1.26. The number of carbonyl (C=O) groups is 1. The molecule has 110 valence electrons. The summed E-state index contributed by atoms with van der Waals surface area (Å²) in [6, 6.07) is 15.9. The Labute approximate surface area is 126 Å². The normalized spacial score (nSPS) is 10.2. The molecule has 0 saturated carbocycles. The summed E-state index contributed by atoms with van der Waals surface area (Å²) in [5.74, 6) is 0.957. The van der Waals surface area contributed by atoms with E-state index < -0.39 is 0 Å². The highest BCUT2D eigenvalue weighted by atomic mass is 16.5. The van der Waals surface area contributed by atoms with Crippen molar-refractivity contribution in [1.82, 2.24) is 5.32 Å². The van der Waals surface area contributed by atoms with Gasteiger partial charge in [-0.3, -0.25) is 4.79 Å².